The van der Waals surface area contributed by atoms with Crippen LogP contribution in [0.1, 0.15) is 25.3 Å². The first-order valence-corrected chi connectivity index (χ1v) is 8.65. The van der Waals surface area contributed by atoms with Crippen molar-refractivity contribution in [3.05, 3.63) is 59.9 Å². The second-order valence-corrected chi connectivity index (χ2v) is 6.29. The van der Waals surface area contributed by atoms with E-state index < -0.39 is 6.10 Å². The quantitative estimate of drug-likeness (QED) is 0.873. The zero-order chi connectivity index (χ0) is 17.6. The standard InChI is InChI=1S/C20H23FN2O2/c1-15(25-19-10-6-17(21)7-11-19)20(24)22-14-16-4-8-18(9-5-16)23-12-2-3-13-23/h4-11,15H,2-3,12-14H2,1H3,(H,22,24). The lowest BCUT2D eigenvalue weighted by Crippen LogP contribution is -2.35. The maximum absolute atomic E-state index is 12.9. The average Bonchev–Trinajstić information content (AvgIpc) is 3.16. The summed E-state index contributed by atoms with van der Waals surface area (Å²) in [6.07, 6.45) is 1.86. The van der Waals surface area contributed by atoms with Gasteiger partial charge in [0.15, 0.2) is 6.10 Å². The molecule has 1 N–H and O–H groups in total. The normalized spacial score (nSPS) is 15.0. The van der Waals surface area contributed by atoms with Gasteiger partial charge >= 0.3 is 0 Å². The molecule has 1 atom stereocenters. The molecule has 0 saturated carbocycles. The first kappa shape index (κ1) is 17.3. The molecule has 25 heavy (non-hydrogen) atoms. The van der Waals surface area contributed by atoms with Crippen LogP contribution in [0.2, 0.25) is 0 Å². The average molecular weight is 342 g/mol. The van der Waals surface area contributed by atoms with Crippen molar-refractivity contribution in [1.82, 2.24) is 5.32 Å². The van der Waals surface area contributed by atoms with Crippen molar-refractivity contribution in [2.24, 2.45) is 0 Å². The predicted molar refractivity (Wildman–Crippen MR) is 96.2 cm³/mol. The molecular weight excluding hydrogens is 319 g/mol. The van der Waals surface area contributed by atoms with Gasteiger partial charge in [-0.25, -0.2) is 4.39 Å². The van der Waals surface area contributed by atoms with Crippen LogP contribution in [-0.4, -0.2) is 25.1 Å². The van der Waals surface area contributed by atoms with Gasteiger partial charge < -0.3 is 15.0 Å². The molecule has 1 aliphatic rings. The van der Waals surface area contributed by atoms with Crippen molar-refractivity contribution in [3.8, 4) is 5.75 Å². The Morgan fingerprint density at radius 1 is 1.12 bits per heavy atom. The van der Waals surface area contributed by atoms with Crippen LogP contribution in [0.15, 0.2) is 48.5 Å². The molecule has 132 valence electrons. The van der Waals surface area contributed by atoms with Gasteiger partial charge in [0.2, 0.25) is 0 Å². The largest absolute Gasteiger partial charge is 0.481 e. The number of hydrogen-bond donors (Lipinski definition) is 1. The van der Waals surface area contributed by atoms with Crippen molar-refractivity contribution >= 4 is 11.6 Å². The summed E-state index contributed by atoms with van der Waals surface area (Å²) in [5.74, 6) is -0.0613. The van der Waals surface area contributed by atoms with Crippen molar-refractivity contribution < 1.29 is 13.9 Å². The van der Waals surface area contributed by atoms with Crippen LogP contribution >= 0.6 is 0 Å². The molecule has 0 spiro atoms. The number of carbonyl (C=O) groups excluding carboxylic acids is 1. The minimum absolute atomic E-state index is 0.201. The summed E-state index contributed by atoms with van der Waals surface area (Å²) in [4.78, 5) is 14.5. The first-order valence-electron chi connectivity index (χ1n) is 8.65. The van der Waals surface area contributed by atoms with Crippen LogP contribution in [0.3, 0.4) is 0 Å². The summed E-state index contributed by atoms with van der Waals surface area (Å²) >= 11 is 0. The number of carbonyl (C=O) groups is 1. The molecule has 0 aliphatic carbocycles. The summed E-state index contributed by atoms with van der Waals surface area (Å²) in [6, 6.07) is 13.9. The van der Waals surface area contributed by atoms with Crippen LogP contribution in [0.5, 0.6) is 5.75 Å². The third kappa shape index (κ3) is 4.72. The van der Waals surface area contributed by atoms with Gasteiger partial charge in [-0.2, -0.15) is 0 Å². The molecule has 1 fully saturated rings. The summed E-state index contributed by atoms with van der Waals surface area (Å²) in [5, 5.41) is 2.87. The highest BCUT2D eigenvalue weighted by atomic mass is 19.1. The Kier molecular flexibility index (Phi) is 5.53. The number of amides is 1. The summed E-state index contributed by atoms with van der Waals surface area (Å²) in [5.41, 5.74) is 2.28. The Labute approximate surface area is 147 Å². The fourth-order valence-electron chi connectivity index (χ4n) is 2.90. The van der Waals surface area contributed by atoms with E-state index >= 15 is 0 Å². The summed E-state index contributed by atoms with van der Waals surface area (Å²) in [7, 11) is 0. The predicted octanol–water partition coefficient (Wildman–Crippen LogP) is 3.51. The number of hydrogen-bond acceptors (Lipinski definition) is 3. The molecule has 3 rings (SSSR count). The van der Waals surface area contributed by atoms with E-state index in [0.29, 0.717) is 12.3 Å². The zero-order valence-electron chi connectivity index (χ0n) is 14.4. The molecule has 1 heterocycles. The van der Waals surface area contributed by atoms with Crippen LogP contribution in [0.4, 0.5) is 10.1 Å². The Morgan fingerprint density at radius 2 is 1.76 bits per heavy atom. The number of halogens is 1. The minimum atomic E-state index is -0.644. The highest BCUT2D eigenvalue weighted by molar-refractivity contribution is 5.80. The number of benzene rings is 2. The van der Waals surface area contributed by atoms with Crippen molar-refractivity contribution in [1.29, 1.82) is 0 Å². The van der Waals surface area contributed by atoms with E-state index in [4.69, 9.17) is 4.74 Å². The number of rotatable bonds is 6. The molecule has 2 aromatic rings. The topological polar surface area (TPSA) is 41.6 Å². The second kappa shape index (κ2) is 8.01. The number of anilines is 1. The van der Waals surface area contributed by atoms with E-state index in [1.807, 2.05) is 12.1 Å². The van der Waals surface area contributed by atoms with E-state index in [1.165, 1.54) is 42.8 Å². The molecule has 0 aromatic heterocycles. The van der Waals surface area contributed by atoms with Gasteiger partial charge in [-0.15, -0.1) is 0 Å². The SMILES string of the molecule is CC(Oc1ccc(F)cc1)C(=O)NCc1ccc(N2CCCC2)cc1. The fraction of sp³-hybridized carbons (Fsp3) is 0.350. The van der Waals surface area contributed by atoms with Crippen molar-refractivity contribution in [2.45, 2.75) is 32.4 Å². The van der Waals surface area contributed by atoms with Crippen molar-refractivity contribution in [3.63, 3.8) is 0 Å². The van der Waals surface area contributed by atoms with Gasteiger partial charge in [0.1, 0.15) is 11.6 Å². The summed E-state index contributed by atoms with van der Waals surface area (Å²) < 4.78 is 18.4. The fourth-order valence-corrected chi connectivity index (χ4v) is 2.90. The second-order valence-electron chi connectivity index (χ2n) is 6.29. The molecule has 0 radical (unpaired) electrons. The van der Waals surface area contributed by atoms with Gasteiger partial charge in [-0.05, 0) is 61.7 Å². The van der Waals surface area contributed by atoms with Gasteiger partial charge in [0, 0.05) is 25.3 Å². The van der Waals surface area contributed by atoms with Crippen molar-refractivity contribution in [2.75, 3.05) is 18.0 Å². The number of ether oxygens (including phenoxy) is 1. The maximum atomic E-state index is 12.9. The highest BCUT2D eigenvalue weighted by Gasteiger charge is 2.15. The van der Waals surface area contributed by atoms with E-state index in [0.717, 1.165) is 18.7 Å². The number of nitrogens with one attached hydrogen (secondary N) is 1. The Hall–Kier alpha value is -2.56. The third-order valence-corrected chi connectivity index (χ3v) is 4.37. The monoisotopic (exact) mass is 342 g/mol. The van der Waals surface area contributed by atoms with Crippen LogP contribution < -0.4 is 15.0 Å². The third-order valence-electron chi connectivity index (χ3n) is 4.37. The highest BCUT2D eigenvalue weighted by Crippen LogP contribution is 2.20. The van der Waals surface area contributed by atoms with E-state index in [-0.39, 0.29) is 11.7 Å². The maximum Gasteiger partial charge on any atom is 0.261 e. The van der Waals surface area contributed by atoms with Crippen LogP contribution in [0.25, 0.3) is 0 Å². The molecular formula is C20H23FN2O2. The lowest BCUT2D eigenvalue weighted by Gasteiger charge is -2.18. The van der Waals surface area contributed by atoms with E-state index in [1.54, 1.807) is 6.92 Å². The molecule has 5 heteroatoms. The summed E-state index contributed by atoms with van der Waals surface area (Å²) in [6.45, 7) is 4.37. The molecule has 0 bridgehead atoms. The first-order chi connectivity index (χ1) is 12.1. The minimum Gasteiger partial charge on any atom is -0.481 e. The van der Waals surface area contributed by atoms with Gasteiger partial charge in [-0.3, -0.25) is 4.79 Å². The molecule has 4 nitrogen and oxygen atoms in total. The van der Waals surface area contributed by atoms with Gasteiger partial charge in [0.05, 0.1) is 0 Å². The smallest absolute Gasteiger partial charge is 0.261 e. The lowest BCUT2D eigenvalue weighted by molar-refractivity contribution is -0.127. The molecule has 1 amide bonds. The Bertz CT molecular complexity index is 695. The van der Waals surface area contributed by atoms with Gasteiger partial charge in [0.25, 0.3) is 5.91 Å². The van der Waals surface area contributed by atoms with Gasteiger partial charge in [-0.1, -0.05) is 12.1 Å². The van der Waals surface area contributed by atoms with Crippen LogP contribution in [-0.2, 0) is 11.3 Å². The number of nitrogens with zero attached hydrogens (tertiary/aromatic N) is 1. The molecule has 1 aliphatic heterocycles. The zero-order valence-corrected chi connectivity index (χ0v) is 14.4. The van der Waals surface area contributed by atoms with Crippen LogP contribution in [0, 0.1) is 5.82 Å². The molecule has 1 unspecified atom stereocenters. The molecule has 1 saturated heterocycles. The van der Waals surface area contributed by atoms with E-state index in [9.17, 15) is 9.18 Å². The Morgan fingerprint density at radius 3 is 2.40 bits per heavy atom. The molecule has 2 aromatic carbocycles. The lowest BCUT2D eigenvalue weighted by atomic mass is 10.2. The Balaban J connectivity index is 1.48. The van der Waals surface area contributed by atoms with E-state index in [2.05, 4.69) is 22.3 Å².